The zero-order valence-corrected chi connectivity index (χ0v) is 11.6. The number of nitrogens with zero attached hydrogens (tertiary/aromatic N) is 5. The Morgan fingerprint density at radius 3 is 2.56 bits per heavy atom. The van der Waals surface area contributed by atoms with Crippen molar-refractivity contribution in [2.24, 2.45) is 0 Å². The number of hydrogen-bond donors (Lipinski definition) is 0. The lowest BCUT2D eigenvalue weighted by atomic mass is 10.2. The van der Waals surface area contributed by atoms with Crippen LogP contribution in [0.4, 0.5) is 5.95 Å². The van der Waals surface area contributed by atoms with Crippen LogP contribution in [-0.2, 0) is 0 Å². The number of ether oxygens (including phenoxy) is 1. The number of rotatable bonds is 5. The van der Waals surface area contributed by atoms with Crippen LogP contribution >= 0.6 is 11.6 Å². The molecule has 18 heavy (non-hydrogen) atoms. The van der Waals surface area contributed by atoms with E-state index in [2.05, 4.69) is 21.0 Å². The van der Waals surface area contributed by atoms with Gasteiger partial charge in [-0.1, -0.05) is 0 Å². The zero-order valence-electron chi connectivity index (χ0n) is 10.9. The first-order valence-corrected chi connectivity index (χ1v) is 5.99. The third-order valence-electron chi connectivity index (χ3n) is 2.28. The largest absolute Gasteiger partial charge is 0.461 e. The Kier molecular flexibility index (Phi) is 5.10. The Morgan fingerprint density at radius 2 is 2.00 bits per heavy atom. The average Bonchev–Trinajstić information content (AvgIpc) is 2.26. The van der Waals surface area contributed by atoms with Crippen molar-refractivity contribution in [2.45, 2.75) is 39.3 Å². The van der Waals surface area contributed by atoms with Crippen LogP contribution < -0.4 is 9.64 Å². The van der Waals surface area contributed by atoms with Gasteiger partial charge in [0.05, 0.1) is 18.6 Å². The monoisotopic (exact) mass is 269 g/mol. The van der Waals surface area contributed by atoms with Crippen LogP contribution in [0.2, 0.25) is 5.28 Å². The summed E-state index contributed by atoms with van der Waals surface area (Å²) < 4.78 is 5.39. The molecule has 0 aromatic carbocycles. The van der Waals surface area contributed by atoms with E-state index in [0.717, 1.165) is 0 Å². The van der Waals surface area contributed by atoms with Crippen LogP contribution in [0.1, 0.15) is 27.2 Å². The predicted octanol–water partition coefficient (Wildman–Crippen LogP) is 2.05. The predicted molar refractivity (Wildman–Crippen MR) is 68.7 cm³/mol. The van der Waals surface area contributed by atoms with Crippen LogP contribution in [0.15, 0.2) is 0 Å². The van der Waals surface area contributed by atoms with Crippen molar-refractivity contribution < 1.29 is 4.74 Å². The molecule has 0 aliphatic carbocycles. The van der Waals surface area contributed by atoms with Crippen molar-refractivity contribution in [1.29, 1.82) is 5.26 Å². The summed E-state index contributed by atoms with van der Waals surface area (Å²) in [4.78, 5) is 13.8. The Balaban J connectivity index is 2.95. The molecule has 1 aromatic heterocycles. The molecule has 0 spiro atoms. The number of halogens is 1. The smallest absolute Gasteiger partial charge is 0.322 e. The fourth-order valence-electron chi connectivity index (χ4n) is 1.21. The van der Waals surface area contributed by atoms with Gasteiger partial charge in [-0.25, -0.2) is 0 Å². The van der Waals surface area contributed by atoms with Crippen LogP contribution in [0, 0.1) is 11.3 Å². The van der Waals surface area contributed by atoms with E-state index in [9.17, 15) is 0 Å². The van der Waals surface area contributed by atoms with Gasteiger partial charge in [0.2, 0.25) is 11.2 Å². The molecule has 1 atom stereocenters. The Morgan fingerprint density at radius 1 is 1.33 bits per heavy atom. The highest BCUT2D eigenvalue weighted by Gasteiger charge is 2.15. The molecule has 0 N–H and O–H groups in total. The van der Waals surface area contributed by atoms with Crippen molar-refractivity contribution >= 4 is 17.5 Å². The number of hydrogen-bond acceptors (Lipinski definition) is 6. The molecule has 0 saturated heterocycles. The molecule has 0 aliphatic rings. The molecule has 7 heteroatoms. The molecular formula is C11H16ClN5O. The molecule has 1 unspecified atom stereocenters. The lowest BCUT2D eigenvalue weighted by molar-refractivity contribution is 0.221. The van der Waals surface area contributed by atoms with Crippen molar-refractivity contribution in [3.8, 4) is 12.1 Å². The Hall–Kier alpha value is -1.61. The second kappa shape index (κ2) is 6.36. The molecule has 1 aromatic rings. The summed E-state index contributed by atoms with van der Waals surface area (Å²) >= 11 is 5.83. The zero-order chi connectivity index (χ0) is 13.7. The molecule has 0 bridgehead atoms. The first-order valence-electron chi connectivity index (χ1n) is 5.62. The molecule has 0 radical (unpaired) electrons. The van der Waals surface area contributed by atoms with E-state index < -0.39 is 0 Å². The fraction of sp³-hybridized carbons (Fsp3) is 0.636. The van der Waals surface area contributed by atoms with E-state index in [1.807, 2.05) is 20.8 Å². The van der Waals surface area contributed by atoms with Crippen molar-refractivity contribution in [3.05, 3.63) is 5.28 Å². The van der Waals surface area contributed by atoms with Gasteiger partial charge in [0.15, 0.2) is 0 Å². The molecule has 1 rings (SSSR count). The van der Waals surface area contributed by atoms with E-state index in [1.165, 1.54) is 0 Å². The summed E-state index contributed by atoms with van der Waals surface area (Å²) in [5.41, 5.74) is 0. The maximum atomic E-state index is 8.68. The summed E-state index contributed by atoms with van der Waals surface area (Å²) in [6.45, 7) is 5.66. The fourth-order valence-corrected chi connectivity index (χ4v) is 1.36. The maximum absolute atomic E-state index is 8.68. The third-order valence-corrected chi connectivity index (χ3v) is 2.45. The van der Waals surface area contributed by atoms with E-state index in [0.29, 0.717) is 12.4 Å². The van der Waals surface area contributed by atoms with Crippen LogP contribution in [0.25, 0.3) is 0 Å². The second-order valence-electron chi connectivity index (χ2n) is 4.18. The quantitative estimate of drug-likeness (QED) is 0.814. The highest BCUT2D eigenvalue weighted by Crippen LogP contribution is 2.17. The molecule has 0 saturated carbocycles. The Bertz CT molecular complexity index is 446. The summed E-state index contributed by atoms with van der Waals surface area (Å²) in [7, 11) is 1.80. The van der Waals surface area contributed by atoms with Gasteiger partial charge in [0.1, 0.15) is 0 Å². The summed E-state index contributed by atoms with van der Waals surface area (Å²) in [6.07, 6.45) is 0.332. The molecule has 6 nitrogen and oxygen atoms in total. The number of nitriles is 1. The van der Waals surface area contributed by atoms with Gasteiger partial charge < -0.3 is 9.64 Å². The lowest BCUT2D eigenvalue weighted by Gasteiger charge is -2.23. The summed E-state index contributed by atoms with van der Waals surface area (Å²) in [5, 5.41) is 8.76. The molecule has 0 aliphatic heterocycles. The first kappa shape index (κ1) is 14.5. The van der Waals surface area contributed by atoms with Gasteiger partial charge in [0, 0.05) is 13.1 Å². The third kappa shape index (κ3) is 4.00. The van der Waals surface area contributed by atoms with E-state index >= 15 is 0 Å². The standard InChI is InChI=1S/C11H16ClN5O/c1-7(2)18-11-15-9(12)14-10(16-11)17(4)8(3)5-6-13/h7-8H,5H2,1-4H3. The van der Waals surface area contributed by atoms with Crippen molar-refractivity contribution in [3.63, 3.8) is 0 Å². The highest BCUT2D eigenvalue weighted by atomic mass is 35.5. The molecule has 0 amide bonds. The van der Waals surface area contributed by atoms with E-state index in [1.54, 1.807) is 11.9 Å². The van der Waals surface area contributed by atoms with Gasteiger partial charge >= 0.3 is 6.01 Å². The van der Waals surface area contributed by atoms with Crippen molar-refractivity contribution in [2.75, 3.05) is 11.9 Å². The van der Waals surface area contributed by atoms with Gasteiger partial charge in [-0.05, 0) is 32.4 Å². The Labute approximate surface area is 112 Å². The summed E-state index contributed by atoms with van der Waals surface area (Å²) in [5.74, 6) is 0.397. The minimum absolute atomic E-state index is 0.0135. The molecular weight excluding hydrogens is 254 g/mol. The van der Waals surface area contributed by atoms with Crippen LogP contribution in [0.3, 0.4) is 0 Å². The normalized spacial score (nSPS) is 12.1. The molecule has 0 fully saturated rings. The minimum atomic E-state index is -0.0434. The van der Waals surface area contributed by atoms with Crippen LogP contribution in [-0.4, -0.2) is 34.1 Å². The summed E-state index contributed by atoms with van der Waals surface area (Å²) in [6, 6.07) is 2.28. The van der Waals surface area contributed by atoms with E-state index in [4.69, 9.17) is 21.6 Å². The van der Waals surface area contributed by atoms with Crippen LogP contribution in [0.5, 0.6) is 6.01 Å². The van der Waals surface area contributed by atoms with Crippen molar-refractivity contribution in [1.82, 2.24) is 15.0 Å². The van der Waals surface area contributed by atoms with Gasteiger partial charge in [-0.2, -0.15) is 20.2 Å². The first-order chi connectivity index (χ1) is 8.43. The van der Waals surface area contributed by atoms with E-state index in [-0.39, 0.29) is 23.4 Å². The van der Waals surface area contributed by atoms with Gasteiger partial charge in [-0.15, -0.1) is 0 Å². The highest BCUT2D eigenvalue weighted by molar-refractivity contribution is 6.28. The molecule has 1 heterocycles. The maximum Gasteiger partial charge on any atom is 0.322 e. The number of anilines is 1. The van der Waals surface area contributed by atoms with Gasteiger partial charge in [-0.3, -0.25) is 0 Å². The minimum Gasteiger partial charge on any atom is -0.461 e. The molecule has 98 valence electrons. The topological polar surface area (TPSA) is 74.9 Å². The van der Waals surface area contributed by atoms with Gasteiger partial charge in [0.25, 0.3) is 0 Å². The average molecular weight is 270 g/mol. The lowest BCUT2D eigenvalue weighted by Crippen LogP contribution is -2.30. The number of aromatic nitrogens is 3. The second-order valence-corrected chi connectivity index (χ2v) is 4.51. The SMILES string of the molecule is CC(C)Oc1nc(Cl)nc(N(C)C(C)CC#N)n1.